The van der Waals surface area contributed by atoms with E-state index in [9.17, 15) is 0 Å². The number of nitrogens with one attached hydrogen (secondary N) is 1. The van der Waals surface area contributed by atoms with E-state index in [1.807, 2.05) is 11.3 Å². The Morgan fingerprint density at radius 2 is 2.05 bits per heavy atom. The van der Waals surface area contributed by atoms with Crippen LogP contribution in [0.3, 0.4) is 0 Å². The molecule has 0 amide bonds. The van der Waals surface area contributed by atoms with Gasteiger partial charge in [-0.15, -0.1) is 23.1 Å². The van der Waals surface area contributed by atoms with Gasteiger partial charge in [-0.1, -0.05) is 0 Å². The van der Waals surface area contributed by atoms with Crippen LogP contribution in [0.1, 0.15) is 60.4 Å². The zero-order valence-corrected chi connectivity index (χ0v) is 15.0. The summed E-state index contributed by atoms with van der Waals surface area (Å²) in [4.78, 5) is 6.53. The van der Waals surface area contributed by atoms with Crippen LogP contribution in [0.5, 0.6) is 0 Å². The quantitative estimate of drug-likeness (QED) is 0.884. The lowest BCUT2D eigenvalue weighted by molar-refractivity contribution is 0.425. The molecule has 2 aliphatic rings. The van der Waals surface area contributed by atoms with Crippen LogP contribution in [-0.2, 0) is 6.54 Å². The predicted molar refractivity (Wildman–Crippen MR) is 93.2 cm³/mol. The standard InChI is InChI=1S/C15H24N2S3/c1-15(2,3)16-8-11-13(10-4-5-10)17-14(20-11)12-9-18-6-7-19-12/h10,12,16H,4-9H2,1-3H3. The highest BCUT2D eigenvalue weighted by molar-refractivity contribution is 8.06. The van der Waals surface area contributed by atoms with Gasteiger partial charge in [0.15, 0.2) is 0 Å². The maximum absolute atomic E-state index is 5.04. The van der Waals surface area contributed by atoms with Crippen LogP contribution in [0.15, 0.2) is 0 Å². The summed E-state index contributed by atoms with van der Waals surface area (Å²) in [6.07, 6.45) is 2.69. The molecule has 5 heteroatoms. The second-order valence-electron chi connectivity index (χ2n) is 6.67. The lowest BCUT2D eigenvalue weighted by Gasteiger charge is -2.20. The van der Waals surface area contributed by atoms with Gasteiger partial charge >= 0.3 is 0 Å². The van der Waals surface area contributed by atoms with Crippen molar-refractivity contribution in [3.05, 3.63) is 15.6 Å². The molecule has 1 unspecified atom stereocenters. The molecule has 3 rings (SSSR count). The molecule has 1 saturated heterocycles. The summed E-state index contributed by atoms with van der Waals surface area (Å²) >= 11 is 6.15. The first-order chi connectivity index (χ1) is 9.53. The van der Waals surface area contributed by atoms with E-state index in [1.165, 1.54) is 45.7 Å². The van der Waals surface area contributed by atoms with Crippen LogP contribution in [0.25, 0.3) is 0 Å². The third kappa shape index (κ3) is 3.93. The number of rotatable bonds is 4. The second kappa shape index (κ2) is 6.19. The molecule has 0 radical (unpaired) electrons. The lowest BCUT2D eigenvalue weighted by Crippen LogP contribution is -2.35. The molecule has 2 heterocycles. The molecule has 2 nitrogen and oxygen atoms in total. The Morgan fingerprint density at radius 1 is 1.25 bits per heavy atom. The minimum atomic E-state index is 0.181. The van der Waals surface area contributed by atoms with Crippen molar-refractivity contribution in [1.82, 2.24) is 10.3 Å². The molecule has 1 aromatic heterocycles. The van der Waals surface area contributed by atoms with E-state index in [0.717, 1.165) is 12.5 Å². The van der Waals surface area contributed by atoms with Crippen LogP contribution in [0.2, 0.25) is 0 Å². The van der Waals surface area contributed by atoms with Crippen molar-refractivity contribution in [1.29, 1.82) is 0 Å². The van der Waals surface area contributed by atoms with Gasteiger partial charge in [0.2, 0.25) is 0 Å². The highest BCUT2D eigenvalue weighted by Crippen LogP contribution is 2.46. The fourth-order valence-corrected chi connectivity index (χ4v) is 6.37. The molecule has 0 aromatic carbocycles. The Balaban J connectivity index is 1.75. The number of thioether (sulfide) groups is 2. The fourth-order valence-electron chi connectivity index (χ4n) is 2.30. The van der Waals surface area contributed by atoms with E-state index in [-0.39, 0.29) is 5.54 Å². The van der Waals surface area contributed by atoms with Crippen molar-refractivity contribution in [2.45, 2.75) is 56.9 Å². The molecule has 112 valence electrons. The number of aromatic nitrogens is 1. The summed E-state index contributed by atoms with van der Waals surface area (Å²) in [5.41, 5.74) is 1.60. The van der Waals surface area contributed by atoms with Crippen molar-refractivity contribution < 1.29 is 0 Å². The molecule has 1 aromatic rings. The SMILES string of the molecule is CC(C)(C)NCc1sc(C2CSCCS2)nc1C1CC1. The summed E-state index contributed by atoms with van der Waals surface area (Å²) in [5.74, 6) is 4.59. The van der Waals surface area contributed by atoms with Gasteiger partial charge in [0.05, 0.1) is 10.9 Å². The highest BCUT2D eigenvalue weighted by Gasteiger charge is 2.31. The number of nitrogens with zero attached hydrogens (tertiary/aromatic N) is 1. The van der Waals surface area contributed by atoms with Crippen molar-refractivity contribution >= 4 is 34.9 Å². The molecule has 1 N–H and O–H groups in total. The van der Waals surface area contributed by atoms with E-state index in [1.54, 1.807) is 0 Å². The number of hydrogen-bond acceptors (Lipinski definition) is 5. The Kier molecular flexibility index (Phi) is 4.70. The van der Waals surface area contributed by atoms with Gasteiger partial charge in [-0.05, 0) is 33.6 Å². The van der Waals surface area contributed by atoms with Gasteiger partial charge in [-0.25, -0.2) is 4.98 Å². The first-order valence-electron chi connectivity index (χ1n) is 7.47. The normalized spacial score (nSPS) is 24.1. The molecule has 0 spiro atoms. The first-order valence-corrected chi connectivity index (χ1v) is 10.5. The third-order valence-electron chi connectivity index (χ3n) is 3.58. The maximum Gasteiger partial charge on any atom is 0.107 e. The maximum atomic E-state index is 5.04. The van der Waals surface area contributed by atoms with Gasteiger partial charge in [-0.3, -0.25) is 0 Å². The molecular formula is C15H24N2S3. The van der Waals surface area contributed by atoms with Gasteiger partial charge in [-0.2, -0.15) is 11.8 Å². The largest absolute Gasteiger partial charge is 0.307 e. The molecule has 1 atom stereocenters. The van der Waals surface area contributed by atoms with Gasteiger partial charge in [0.1, 0.15) is 5.01 Å². The summed E-state index contributed by atoms with van der Waals surface area (Å²) in [5, 5.41) is 5.66. The Labute approximate surface area is 134 Å². The Morgan fingerprint density at radius 3 is 2.65 bits per heavy atom. The average Bonchev–Trinajstić information content (AvgIpc) is 3.17. The fraction of sp³-hybridized carbons (Fsp3) is 0.800. The van der Waals surface area contributed by atoms with Crippen LogP contribution in [0, 0.1) is 0 Å². The molecule has 20 heavy (non-hydrogen) atoms. The zero-order valence-electron chi connectivity index (χ0n) is 12.6. The van der Waals surface area contributed by atoms with E-state index in [4.69, 9.17) is 4.98 Å². The van der Waals surface area contributed by atoms with Gasteiger partial charge in [0, 0.05) is 40.1 Å². The van der Waals surface area contributed by atoms with Crippen molar-refractivity contribution in [2.24, 2.45) is 0 Å². The van der Waals surface area contributed by atoms with Crippen LogP contribution in [0.4, 0.5) is 0 Å². The molecule has 2 fully saturated rings. The average molecular weight is 329 g/mol. The van der Waals surface area contributed by atoms with Crippen molar-refractivity contribution in [3.8, 4) is 0 Å². The van der Waals surface area contributed by atoms with E-state index in [0.29, 0.717) is 5.25 Å². The first kappa shape index (κ1) is 15.2. The molecule has 1 saturated carbocycles. The summed E-state index contributed by atoms with van der Waals surface area (Å²) < 4.78 is 0. The van der Waals surface area contributed by atoms with E-state index >= 15 is 0 Å². The van der Waals surface area contributed by atoms with E-state index in [2.05, 4.69) is 49.6 Å². The van der Waals surface area contributed by atoms with Crippen LogP contribution in [-0.4, -0.2) is 27.8 Å². The monoisotopic (exact) mass is 328 g/mol. The van der Waals surface area contributed by atoms with Crippen molar-refractivity contribution in [2.75, 3.05) is 17.3 Å². The molecular weight excluding hydrogens is 304 g/mol. The highest BCUT2D eigenvalue weighted by atomic mass is 32.2. The molecule has 0 bridgehead atoms. The van der Waals surface area contributed by atoms with Crippen molar-refractivity contribution in [3.63, 3.8) is 0 Å². The second-order valence-corrected chi connectivity index (χ2v) is 10.2. The van der Waals surface area contributed by atoms with Gasteiger partial charge < -0.3 is 5.32 Å². The minimum absolute atomic E-state index is 0.181. The lowest BCUT2D eigenvalue weighted by atomic mass is 10.1. The van der Waals surface area contributed by atoms with Crippen LogP contribution < -0.4 is 5.32 Å². The zero-order chi connectivity index (χ0) is 14.2. The minimum Gasteiger partial charge on any atom is -0.307 e. The number of thiazole rings is 1. The van der Waals surface area contributed by atoms with E-state index < -0.39 is 0 Å². The summed E-state index contributed by atoms with van der Waals surface area (Å²) in [6, 6.07) is 0. The van der Waals surface area contributed by atoms with Crippen LogP contribution >= 0.6 is 34.9 Å². The molecule has 1 aliphatic carbocycles. The van der Waals surface area contributed by atoms with Gasteiger partial charge in [0.25, 0.3) is 0 Å². The summed E-state index contributed by atoms with van der Waals surface area (Å²) in [7, 11) is 0. The smallest absolute Gasteiger partial charge is 0.107 e. The topological polar surface area (TPSA) is 24.9 Å². The number of hydrogen-bond donors (Lipinski definition) is 1. The predicted octanol–water partition coefficient (Wildman–Crippen LogP) is 4.43. The Hall–Kier alpha value is 0.290. The Bertz CT molecular complexity index is 454. The summed E-state index contributed by atoms with van der Waals surface area (Å²) in [6.45, 7) is 7.69. The third-order valence-corrected chi connectivity index (χ3v) is 7.68. The molecule has 1 aliphatic heterocycles.